The Balaban J connectivity index is 2.04. The molecule has 0 bridgehead atoms. The number of β-amino-alcohol motifs (C(OH)–C–C–N with tert-alkyl or cyclic N) is 1. The molecule has 0 unspecified atom stereocenters. The van der Waals surface area contributed by atoms with Crippen molar-refractivity contribution in [1.29, 1.82) is 0 Å². The molecule has 1 atom stereocenters. The average Bonchev–Trinajstić information content (AvgIpc) is 2.65. The number of aromatic nitrogens is 2. The van der Waals surface area contributed by atoms with Crippen molar-refractivity contribution in [1.82, 2.24) is 14.9 Å². The van der Waals surface area contributed by atoms with Crippen molar-refractivity contribution in [2.24, 2.45) is 0 Å². The Hall–Kier alpha value is -0.650. The number of hydrogen-bond donors (Lipinski definition) is 1. The third-order valence-electron chi connectivity index (χ3n) is 2.55. The Morgan fingerprint density at radius 1 is 1.53 bits per heavy atom. The van der Waals surface area contributed by atoms with Crippen molar-refractivity contribution in [2.45, 2.75) is 24.1 Å². The number of rotatable bonds is 3. The van der Waals surface area contributed by atoms with Gasteiger partial charge in [0.2, 0.25) is 0 Å². The molecule has 0 amide bonds. The van der Waals surface area contributed by atoms with Gasteiger partial charge in [-0.1, -0.05) is 0 Å². The molecular formula is C10H15N3OS. The fourth-order valence-corrected chi connectivity index (χ4v) is 2.32. The summed E-state index contributed by atoms with van der Waals surface area (Å²) in [6.07, 6.45) is 6.15. The lowest BCUT2D eigenvalue weighted by Crippen LogP contribution is -2.22. The molecule has 1 aromatic rings. The van der Waals surface area contributed by atoms with Crippen molar-refractivity contribution in [3.8, 4) is 0 Å². The van der Waals surface area contributed by atoms with Crippen LogP contribution in [0.1, 0.15) is 12.1 Å². The summed E-state index contributed by atoms with van der Waals surface area (Å²) in [6.45, 7) is 2.50. The highest BCUT2D eigenvalue weighted by molar-refractivity contribution is 7.98. The number of aliphatic hydroxyl groups is 1. The average molecular weight is 225 g/mol. The molecule has 1 fully saturated rings. The third kappa shape index (κ3) is 2.68. The second-order valence-corrected chi connectivity index (χ2v) is 4.48. The van der Waals surface area contributed by atoms with Crippen LogP contribution in [0.15, 0.2) is 17.4 Å². The van der Waals surface area contributed by atoms with E-state index in [0.717, 1.165) is 36.8 Å². The molecule has 2 heterocycles. The van der Waals surface area contributed by atoms with E-state index in [1.54, 1.807) is 24.2 Å². The van der Waals surface area contributed by atoms with Gasteiger partial charge >= 0.3 is 0 Å². The largest absolute Gasteiger partial charge is 0.392 e. The van der Waals surface area contributed by atoms with Crippen LogP contribution in [0, 0.1) is 0 Å². The van der Waals surface area contributed by atoms with Crippen molar-refractivity contribution in [3.63, 3.8) is 0 Å². The molecule has 1 N–H and O–H groups in total. The van der Waals surface area contributed by atoms with Gasteiger partial charge in [-0.3, -0.25) is 9.88 Å². The molecule has 0 radical (unpaired) electrons. The highest BCUT2D eigenvalue weighted by Gasteiger charge is 2.21. The second kappa shape index (κ2) is 4.92. The van der Waals surface area contributed by atoms with Crippen LogP contribution >= 0.6 is 11.8 Å². The molecule has 0 aliphatic carbocycles. The molecule has 0 saturated carbocycles. The Bertz CT molecular complexity index is 334. The minimum Gasteiger partial charge on any atom is -0.392 e. The van der Waals surface area contributed by atoms with Crippen molar-refractivity contribution in [2.75, 3.05) is 19.3 Å². The highest BCUT2D eigenvalue weighted by atomic mass is 32.2. The van der Waals surface area contributed by atoms with Crippen LogP contribution in [-0.4, -0.2) is 45.4 Å². The van der Waals surface area contributed by atoms with Crippen molar-refractivity contribution >= 4 is 11.8 Å². The third-order valence-corrected chi connectivity index (χ3v) is 3.28. The smallest absolute Gasteiger partial charge is 0.119 e. The minimum atomic E-state index is -0.167. The number of nitrogens with zero attached hydrogens (tertiary/aromatic N) is 3. The Labute approximate surface area is 93.7 Å². The summed E-state index contributed by atoms with van der Waals surface area (Å²) < 4.78 is 0. The summed E-state index contributed by atoms with van der Waals surface area (Å²) in [5.74, 6) is 0. The van der Waals surface area contributed by atoms with Gasteiger partial charge < -0.3 is 5.11 Å². The van der Waals surface area contributed by atoms with Crippen molar-refractivity contribution < 1.29 is 5.11 Å². The Kier molecular flexibility index (Phi) is 3.56. The predicted molar refractivity (Wildman–Crippen MR) is 59.7 cm³/mol. The van der Waals surface area contributed by atoms with E-state index in [1.165, 1.54) is 0 Å². The number of aliphatic hydroxyl groups excluding tert-OH is 1. The van der Waals surface area contributed by atoms with Gasteiger partial charge in [-0.05, 0) is 12.7 Å². The van der Waals surface area contributed by atoms with Crippen molar-refractivity contribution in [3.05, 3.63) is 18.1 Å². The first-order chi connectivity index (χ1) is 7.29. The van der Waals surface area contributed by atoms with Crippen LogP contribution in [0.2, 0.25) is 0 Å². The molecule has 0 aromatic carbocycles. The van der Waals surface area contributed by atoms with Crippen LogP contribution < -0.4 is 0 Å². The van der Waals surface area contributed by atoms with E-state index in [4.69, 9.17) is 0 Å². The minimum absolute atomic E-state index is 0.167. The molecule has 82 valence electrons. The van der Waals surface area contributed by atoms with E-state index < -0.39 is 0 Å². The maximum Gasteiger partial charge on any atom is 0.119 e. The van der Waals surface area contributed by atoms with E-state index >= 15 is 0 Å². The van der Waals surface area contributed by atoms with Gasteiger partial charge in [0, 0.05) is 32.0 Å². The van der Waals surface area contributed by atoms with E-state index in [0.29, 0.717) is 0 Å². The van der Waals surface area contributed by atoms with E-state index in [2.05, 4.69) is 14.9 Å². The summed E-state index contributed by atoms with van der Waals surface area (Å²) in [5.41, 5.74) is 1.01. The fourth-order valence-electron chi connectivity index (χ4n) is 1.80. The van der Waals surface area contributed by atoms with Gasteiger partial charge in [0.15, 0.2) is 0 Å². The maximum atomic E-state index is 9.42. The quantitative estimate of drug-likeness (QED) is 0.770. The van der Waals surface area contributed by atoms with Gasteiger partial charge in [0.1, 0.15) is 5.03 Å². The number of thioether (sulfide) groups is 1. The normalized spacial score (nSPS) is 22.1. The standard InChI is InChI=1S/C10H15N3OS/c1-15-10-9(11-3-4-12-10)7-13-5-2-8(14)6-13/h3-4,8,14H,2,5-7H2,1H3/t8-/m1/s1. The first-order valence-electron chi connectivity index (χ1n) is 5.04. The molecule has 1 saturated heterocycles. The van der Waals surface area contributed by atoms with E-state index in [1.807, 2.05) is 6.26 Å². The molecule has 2 rings (SSSR count). The van der Waals surface area contributed by atoms with Gasteiger partial charge in [-0.2, -0.15) is 0 Å². The highest BCUT2D eigenvalue weighted by Crippen LogP contribution is 2.18. The summed E-state index contributed by atoms with van der Waals surface area (Å²) in [4.78, 5) is 10.8. The predicted octanol–water partition coefficient (Wildman–Crippen LogP) is 0.765. The van der Waals surface area contributed by atoms with Crippen LogP contribution in [0.25, 0.3) is 0 Å². The zero-order valence-corrected chi connectivity index (χ0v) is 9.57. The first-order valence-corrected chi connectivity index (χ1v) is 6.26. The van der Waals surface area contributed by atoms with E-state index in [-0.39, 0.29) is 6.10 Å². The fraction of sp³-hybridized carbons (Fsp3) is 0.600. The lowest BCUT2D eigenvalue weighted by Gasteiger charge is -2.15. The zero-order chi connectivity index (χ0) is 10.7. The summed E-state index contributed by atoms with van der Waals surface area (Å²) >= 11 is 1.62. The number of likely N-dealkylation sites (tertiary alicyclic amines) is 1. The SMILES string of the molecule is CSc1nccnc1CN1CC[C@@H](O)C1. The van der Waals surface area contributed by atoms with Gasteiger partial charge in [0.25, 0.3) is 0 Å². The second-order valence-electron chi connectivity index (χ2n) is 3.69. The maximum absolute atomic E-state index is 9.42. The van der Waals surface area contributed by atoms with E-state index in [9.17, 15) is 5.11 Å². The molecule has 4 nitrogen and oxygen atoms in total. The lowest BCUT2D eigenvalue weighted by molar-refractivity contribution is 0.174. The molecule has 1 aliphatic rings. The Morgan fingerprint density at radius 2 is 2.33 bits per heavy atom. The molecule has 5 heteroatoms. The topological polar surface area (TPSA) is 49.2 Å². The Morgan fingerprint density at radius 3 is 3.00 bits per heavy atom. The summed E-state index contributed by atoms with van der Waals surface area (Å²) in [5, 5.41) is 10.4. The van der Waals surface area contributed by atoms with Gasteiger partial charge in [0.05, 0.1) is 11.8 Å². The molecular weight excluding hydrogens is 210 g/mol. The van der Waals surface area contributed by atoms with Gasteiger partial charge in [-0.15, -0.1) is 11.8 Å². The lowest BCUT2D eigenvalue weighted by atomic mass is 10.3. The van der Waals surface area contributed by atoms with Crippen LogP contribution in [-0.2, 0) is 6.54 Å². The van der Waals surface area contributed by atoms with Crippen LogP contribution in [0.4, 0.5) is 0 Å². The molecule has 15 heavy (non-hydrogen) atoms. The zero-order valence-electron chi connectivity index (χ0n) is 8.76. The first kappa shape index (κ1) is 10.9. The molecule has 0 spiro atoms. The van der Waals surface area contributed by atoms with Gasteiger partial charge in [-0.25, -0.2) is 4.98 Å². The summed E-state index contributed by atoms with van der Waals surface area (Å²) in [6, 6.07) is 0. The molecule has 1 aromatic heterocycles. The summed E-state index contributed by atoms with van der Waals surface area (Å²) in [7, 11) is 0. The van der Waals surface area contributed by atoms with Crippen LogP contribution in [0.3, 0.4) is 0 Å². The van der Waals surface area contributed by atoms with Crippen LogP contribution in [0.5, 0.6) is 0 Å². The molecule has 1 aliphatic heterocycles. The number of hydrogen-bond acceptors (Lipinski definition) is 5. The monoisotopic (exact) mass is 225 g/mol.